The number of aromatic amines is 1. The molecule has 0 amide bonds. The van der Waals surface area contributed by atoms with Crippen molar-refractivity contribution in [1.29, 1.82) is 0 Å². The van der Waals surface area contributed by atoms with Gasteiger partial charge in [0.25, 0.3) is 0 Å². The van der Waals surface area contributed by atoms with Crippen LogP contribution in [0.5, 0.6) is 0 Å². The summed E-state index contributed by atoms with van der Waals surface area (Å²) in [7, 11) is 0. The van der Waals surface area contributed by atoms with Crippen LogP contribution in [0, 0.1) is 10.6 Å². The van der Waals surface area contributed by atoms with Gasteiger partial charge in [-0.05, 0) is 42.5 Å². The largest absolute Gasteiger partial charge is 0.328 e. The van der Waals surface area contributed by atoms with Gasteiger partial charge < -0.3 is 4.98 Å². The Hall–Kier alpha value is -2.21. The van der Waals surface area contributed by atoms with Crippen molar-refractivity contribution < 1.29 is 14.0 Å². The summed E-state index contributed by atoms with van der Waals surface area (Å²) >= 11 is 4.76. The number of H-pyrrole nitrogens is 1. The topological polar surface area (TPSA) is 62.8 Å². The zero-order chi connectivity index (χ0) is 13.1. The first-order valence-corrected chi connectivity index (χ1v) is 5.38. The lowest BCUT2D eigenvalue weighted by Gasteiger charge is -2.00. The highest BCUT2D eigenvalue weighted by Gasteiger charge is 2.18. The maximum absolute atomic E-state index is 12.7. The minimum absolute atomic E-state index is 0.0596. The third kappa shape index (κ3) is 2.54. The van der Waals surface area contributed by atoms with Crippen LogP contribution in [0.4, 0.5) is 4.39 Å². The molecule has 0 fully saturated rings. The van der Waals surface area contributed by atoms with Gasteiger partial charge in [0.2, 0.25) is 11.6 Å². The lowest BCUT2D eigenvalue weighted by molar-refractivity contribution is 0.0814. The van der Waals surface area contributed by atoms with E-state index in [-0.39, 0.29) is 16.0 Å². The number of hydrogen-bond donors (Lipinski definition) is 1. The van der Waals surface area contributed by atoms with E-state index in [1.165, 1.54) is 24.4 Å². The number of halogens is 1. The summed E-state index contributed by atoms with van der Waals surface area (Å²) in [6.45, 7) is 0. The van der Waals surface area contributed by atoms with Crippen LogP contribution in [0.25, 0.3) is 0 Å². The molecule has 0 bridgehead atoms. The van der Waals surface area contributed by atoms with Crippen molar-refractivity contribution >= 4 is 23.8 Å². The third-order valence-electron chi connectivity index (χ3n) is 2.23. The van der Waals surface area contributed by atoms with Gasteiger partial charge in [0.1, 0.15) is 5.82 Å². The van der Waals surface area contributed by atoms with Gasteiger partial charge in [-0.25, -0.2) is 9.37 Å². The van der Waals surface area contributed by atoms with E-state index in [0.29, 0.717) is 0 Å². The Morgan fingerprint density at radius 1 is 1.11 bits per heavy atom. The SMILES string of the molecule is O=C(C(=O)c1ccnc(=S)[nH]1)c1ccc(F)cc1. The summed E-state index contributed by atoms with van der Waals surface area (Å²) < 4.78 is 12.8. The van der Waals surface area contributed by atoms with E-state index in [1.807, 2.05) is 0 Å². The molecule has 0 radical (unpaired) electrons. The third-order valence-corrected chi connectivity index (χ3v) is 2.44. The Labute approximate surface area is 107 Å². The second kappa shape index (κ2) is 4.97. The molecular weight excluding hydrogens is 255 g/mol. The van der Waals surface area contributed by atoms with Gasteiger partial charge in [0.05, 0.1) is 5.69 Å². The lowest BCUT2D eigenvalue weighted by Crippen LogP contribution is -2.16. The summed E-state index contributed by atoms with van der Waals surface area (Å²) in [6, 6.07) is 6.11. The molecular formula is C12H7FN2O2S. The number of nitrogens with zero attached hydrogens (tertiary/aromatic N) is 1. The molecule has 2 rings (SSSR count). The summed E-state index contributed by atoms with van der Waals surface area (Å²) in [4.78, 5) is 29.9. The minimum atomic E-state index is -0.741. The smallest absolute Gasteiger partial charge is 0.249 e. The van der Waals surface area contributed by atoms with E-state index < -0.39 is 17.4 Å². The predicted octanol–water partition coefficient (Wildman–Crippen LogP) is 2.34. The van der Waals surface area contributed by atoms with Gasteiger partial charge in [0.15, 0.2) is 4.77 Å². The van der Waals surface area contributed by atoms with Crippen molar-refractivity contribution in [2.24, 2.45) is 0 Å². The second-order valence-corrected chi connectivity index (χ2v) is 3.84. The number of Topliss-reactive ketones (excluding diaryl/α,β-unsaturated/α-hetero) is 2. The Kier molecular flexibility index (Phi) is 3.38. The van der Waals surface area contributed by atoms with Crippen LogP contribution in [0.3, 0.4) is 0 Å². The highest BCUT2D eigenvalue weighted by molar-refractivity contribution is 7.71. The lowest BCUT2D eigenvalue weighted by atomic mass is 10.1. The first-order valence-electron chi connectivity index (χ1n) is 4.98. The zero-order valence-corrected chi connectivity index (χ0v) is 9.83. The van der Waals surface area contributed by atoms with Crippen LogP contribution < -0.4 is 0 Å². The molecule has 0 aliphatic heterocycles. The Balaban J connectivity index is 2.32. The average molecular weight is 262 g/mol. The van der Waals surface area contributed by atoms with Gasteiger partial charge >= 0.3 is 0 Å². The van der Waals surface area contributed by atoms with Crippen molar-refractivity contribution in [1.82, 2.24) is 9.97 Å². The zero-order valence-electron chi connectivity index (χ0n) is 9.01. The summed E-state index contributed by atoms with van der Waals surface area (Å²) in [5.41, 5.74) is 0.182. The van der Waals surface area contributed by atoms with Gasteiger partial charge in [0, 0.05) is 11.8 Å². The number of carbonyl (C=O) groups excluding carboxylic acids is 2. The van der Waals surface area contributed by atoms with Gasteiger partial charge in [-0.2, -0.15) is 0 Å². The molecule has 4 nitrogen and oxygen atoms in total. The standard InChI is InChI=1S/C12H7FN2O2S/c13-8-3-1-7(2-4-8)10(16)11(17)9-5-6-14-12(18)15-9/h1-6H,(H,14,15,18). The second-order valence-electron chi connectivity index (χ2n) is 3.45. The number of carbonyl (C=O) groups is 2. The van der Waals surface area contributed by atoms with Gasteiger partial charge in [-0.15, -0.1) is 0 Å². The van der Waals surface area contributed by atoms with Crippen LogP contribution in [0.1, 0.15) is 20.8 Å². The van der Waals surface area contributed by atoms with Crippen molar-refractivity contribution in [2.45, 2.75) is 0 Å². The Morgan fingerprint density at radius 3 is 2.39 bits per heavy atom. The molecule has 0 aliphatic carbocycles. The van der Waals surface area contributed by atoms with E-state index in [4.69, 9.17) is 12.2 Å². The highest BCUT2D eigenvalue weighted by Crippen LogP contribution is 2.07. The van der Waals surface area contributed by atoms with Crippen molar-refractivity contribution in [3.05, 3.63) is 58.4 Å². The summed E-state index contributed by atoms with van der Waals surface area (Å²) in [5, 5.41) is 0. The molecule has 0 aliphatic rings. The van der Waals surface area contributed by atoms with Gasteiger partial charge in [-0.3, -0.25) is 9.59 Å². The predicted molar refractivity (Wildman–Crippen MR) is 64.5 cm³/mol. The maximum atomic E-state index is 12.7. The van der Waals surface area contributed by atoms with Crippen molar-refractivity contribution in [3.63, 3.8) is 0 Å². The number of benzene rings is 1. The van der Waals surface area contributed by atoms with E-state index in [2.05, 4.69) is 9.97 Å². The number of ketones is 2. The van der Waals surface area contributed by atoms with E-state index in [9.17, 15) is 14.0 Å². The van der Waals surface area contributed by atoms with E-state index in [1.54, 1.807) is 0 Å². The van der Waals surface area contributed by atoms with E-state index in [0.717, 1.165) is 12.1 Å². The van der Waals surface area contributed by atoms with Crippen molar-refractivity contribution in [3.8, 4) is 0 Å². The molecule has 90 valence electrons. The molecule has 2 aromatic rings. The van der Waals surface area contributed by atoms with Crippen LogP contribution in [0.2, 0.25) is 0 Å². The summed E-state index contributed by atoms with van der Waals surface area (Å²) in [6.07, 6.45) is 1.34. The maximum Gasteiger partial charge on any atom is 0.249 e. The minimum Gasteiger partial charge on any atom is -0.328 e. The first kappa shape index (κ1) is 12.3. The van der Waals surface area contributed by atoms with Gasteiger partial charge in [-0.1, -0.05) is 0 Å². The van der Waals surface area contributed by atoms with Crippen LogP contribution in [-0.4, -0.2) is 21.5 Å². The molecule has 18 heavy (non-hydrogen) atoms. The highest BCUT2D eigenvalue weighted by atomic mass is 32.1. The molecule has 1 heterocycles. The van der Waals surface area contributed by atoms with Crippen molar-refractivity contribution in [2.75, 3.05) is 0 Å². The summed E-state index contributed by atoms with van der Waals surface area (Å²) in [5.74, 6) is -1.94. The number of aromatic nitrogens is 2. The molecule has 0 saturated heterocycles. The molecule has 0 atom stereocenters. The molecule has 1 aromatic heterocycles. The molecule has 6 heteroatoms. The van der Waals surface area contributed by atoms with E-state index >= 15 is 0 Å². The normalized spacial score (nSPS) is 10.1. The molecule has 0 unspecified atom stereocenters. The monoisotopic (exact) mass is 262 g/mol. The molecule has 0 saturated carbocycles. The van der Waals surface area contributed by atoms with Crippen LogP contribution >= 0.6 is 12.2 Å². The fraction of sp³-hybridized carbons (Fsp3) is 0. The molecule has 0 spiro atoms. The average Bonchev–Trinajstić information content (AvgIpc) is 2.38. The number of rotatable bonds is 3. The first-order chi connectivity index (χ1) is 8.58. The quantitative estimate of drug-likeness (QED) is 0.524. The molecule has 1 aromatic carbocycles. The Morgan fingerprint density at radius 2 is 1.78 bits per heavy atom. The number of hydrogen-bond acceptors (Lipinski definition) is 4. The van der Waals surface area contributed by atoms with Crippen LogP contribution in [0.15, 0.2) is 36.5 Å². The Bertz CT molecular complexity index is 664. The fourth-order valence-electron chi connectivity index (χ4n) is 1.36. The van der Waals surface area contributed by atoms with Crippen LogP contribution in [-0.2, 0) is 0 Å². The fourth-order valence-corrected chi connectivity index (χ4v) is 1.53. The number of nitrogens with one attached hydrogen (secondary N) is 1. The molecule has 1 N–H and O–H groups in total.